The van der Waals surface area contributed by atoms with Crippen LogP contribution in [0.1, 0.15) is 46.5 Å². The van der Waals surface area contributed by atoms with Crippen molar-refractivity contribution in [1.29, 1.82) is 0 Å². The standard InChI is InChI=1S/C19H34N4O3S.HI/c1-4-12-19(24,13-5-2)16-22-18(20-6-3)21-14-15-23-27(25,26)17-10-8-7-9-11-17;/h7-11,23-24H,4-6,12-16H2,1-3H3,(H2,20,21,22);1H. The first-order chi connectivity index (χ1) is 12.9. The van der Waals surface area contributed by atoms with Crippen LogP contribution in [-0.2, 0) is 10.0 Å². The molecule has 0 heterocycles. The van der Waals surface area contributed by atoms with Crippen molar-refractivity contribution < 1.29 is 13.5 Å². The largest absolute Gasteiger partial charge is 0.388 e. The van der Waals surface area contributed by atoms with Crippen molar-refractivity contribution in [2.24, 2.45) is 4.99 Å². The second kappa shape index (κ2) is 14.1. The van der Waals surface area contributed by atoms with Crippen LogP contribution >= 0.6 is 24.0 Å². The Morgan fingerprint density at radius 1 is 1.04 bits per heavy atom. The third kappa shape index (κ3) is 10.0. The van der Waals surface area contributed by atoms with Crippen molar-refractivity contribution in [2.45, 2.75) is 57.0 Å². The third-order valence-electron chi connectivity index (χ3n) is 4.07. The Hall–Kier alpha value is -0.910. The van der Waals surface area contributed by atoms with Crippen LogP contribution < -0.4 is 15.4 Å². The van der Waals surface area contributed by atoms with Crippen LogP contribution in [0.25, 0.3) is 0 Å². The monoisotopic (exact) mass is 526 g/mol. The number of hydrogen-bond acceptors (Lipinski definition) is 4. The average Bonchev–Trinajstić information content (AvgIpc) is 2.64. The number of benzene rings is 1. The van der Waals surface area contributed by atoms with Crippen LogP contribution in [-0.4, -0.2) is 51.3 Å². The lowest BCUT2D eigenvalue weighted by Crippen LogP contribution is -2.43. The summed E-state index contributed by atoms with van der Waals surface area (Å²) >= 11 is 0. The van der Waals surface area contributed by atoms with E-state index in [0.29, 0.717) is 38.4 Å². The molecule has 0 atom stereocenters. The predicted octanol–water partition coefficient (Wildman–Crippen LogP) is 2.47. The molecule has 0 bridgehead atoms. The highest BCUT2D eigenvalue weighted by Gasteiger charge is 2.24. The molecule has 4 N–H and O–H groups in total. The molecule has 0 aliphatic heterocycles. The fourth-order valence-corrected chi connectivity index (χ4v) is 3.88. The van der Waals surface area contributed by atoms with Crippen LogP contribution in [0.15, 0.2) is 40.2 Å². The third-order valence-corrected chi connectivity index (χ3v) is 5.55. The fraction of sp³-hybridized carbons (Fsp3) is 0.632. The van der Waals surface area contributed by atoms with E-state index in [9.17, 15) is 13.5 Å². The molecule has 0 spiro atoms. The van der Waals surface area contributed by atoms with E-state index in [0.717, 1.165) is 12.8 Å². The van der Waals surface area contributed by atoms with Gasteiger partial charge in [-0.05, 0) is 31.9 Å². The van der Waals surface area contributed by atoms with Gasteiger partial charge >= 0.3 is 0 Å². The van der Waals surface area contributed by atoms with Gasteiger partial charge in [0.25, 0.3) is 0 Å². The van der Waals surface area contributed by atoms with Gasteiger partial charge in [-0.25, -0.2) is 13.1 Å². The van der Waals surface area contributed by atoms with Crippen molar-refractivity contribution in [3.8, 4) is 0 Å². The van der Waals surface area contributed by atoms with Gasteiger partial charge in [-0.1, -0.05) is 44.9 Å². The van der Waals surface area contributed by atoms with Crippen LogP contribution in [0.5, 0.6) is 0 Å². The van der Waals surface area contributed by atoms with Gasteiger partial charge in [0.15, 0.2) is 5.96 Å². The number of nitrogens with zero attached hydrogens (tertiary/aromatic N) is 1. The molecule has 0 saturated heterocycles. The van der Waals surface area contributed by atoms with Gasteiger partial charge in [-0.3, -0.25) is 4.99 Å². The normalized spacial score (nSPS) is 12.4. The molecule has 0 amide bonds. The first-order valence-electron chi connectivity index (χ1n) is 9.66. The zero-order valence-electron chi connectivity index (χ0n) is 17.1. The minimum Gasteiger partial charge on any atom is -0.388 e. The minimum atomic E-state index is -3.51. The molecule has 28 heavy (non-hydrogen) atoms. The zero-order valence-corrected chi connectivity index (χ0v) is 20.2. The van der Waals surface area contributed by atoms with Crippen LogP contribution in [0, 0.1) is 0 Å². The Kier molecular flexibility index (Phi) is 13.7. The van der Waals surface area contributed by atoms with E-state index in [1.165, 1.54) is 0 Å². The molecule has 0 saturated carbocycles. The van der Waals surface area contributed by atoms with E-state index in [4.69, 9.17) is 0 Å². The van der Waals surface area contributed by atoms with E-state index in [1.807, 2.05) is 20.8 Å². The van der Waals surface area contributed by atoms with E-state index in [-0.39, 0.29) is 35.4 Å². The highest BCUT2D eigenvalue weighted by atomic mass is 127. The molecule has 7 nitrogen and oxygen atoms in total. The molecule has 162 valence electrons. The second-order valence-electron chi connectivity index (χ2n) is 6.56. The van der Waals surface area contributed by atoms with Gasteiger partial charge in [0, 0.05) is 19.6 Å². The maximum Gasteiger partial charge on any atom is 0.240 e. The number of rotatable bonds is 12. The summed E-state index contributed by atoms with van der Waals surface area (Å²) < 4.78 is 26.9. The molecular formula is C19H35IN4O3S. The maximum atomic E-state index is 12.2. The lowest BCUT2D eigenvalue weighted by molar-refractivity contribution is 0.0306. The summed E-state index contributed by atoms with van der Waals surface area (Å²) in [5, 5.41) is 16.9. The van der Waals surface area contributed by atoms with E-state index in [1.54, 1.807) is 30.3 Å². The highest BCUT2D eigenvalue weighted by molar-refractivity contribution is 14.0. The highest BCUT2D eigenvalue weighted by Crippen LogP contribution is 2.19. The number of aliphatic imine (C=N–C) groups is 1. The summed E-state index contributed by atoms with van der Waals surface area (Å²) in [7, 11) is -3.51. The minimum absolute atomic E-state index is 0. The fourth-order valence-electron chi connectivity index (χ4n) is 2.83. The first kappa shape index (κ1) is 27.1. The molecule has 1 aromatic rings. The Morgan fingerprint density at radius 2 is 1.64 bits per heavy atom. The number of sulfonamides is 1. The molecule has 0 fully saturated rings. The predicted molar refractivity (Wildman–Crippen MR) is 126 cm³/mol. The van der Waals surface area contributed by atoms with Crippen molar-refractivity contribution in [3.05, 3.63) is 30.3 Å². The van der Waals surface area contributed by atoms with Crippen molar-refractivity contribution in [1.82, 2.24) is 15.4 Å². The summed E-state index contributed by atoms with van der Waals surface area (Å²) in [6, 6.07) is 8.28. The van der Waals surface area contributed by atoms with Crippen molar-refractivity contribution >= 4 is 40.0 Å². The van der Waals surface area contributed by atoms with Crippen LogP contribution in [0.3, 0.4) is 0 Å². The molecule has 0 aliphatic rings. The molecule has 0 aliphatic carbocycles. The van der Waals surface area contributed by atoms with Gasteiger partial charge in [0.1, 0.15) is 0 Å². The van der Waals surface area contributed by atoms with Crippen LogP contribution in [0.4, 0.5) is 0 Å². The molecule has 0 aromatic heterocycles. The molecule has 1 aromatic carbocycles. The second-order valence-corrected chi connectivity index (χ2v) is 8.32. The number of guanidine groups is 1. The van der Waals surface area contributed by atoms with Crippen LogP contribution in [0.2, 0.25) is 0 Å². The van der Waals surface area contributed by atoms with E-state index >= 15 is 0 Å². The van der Waals surface area contributed by atoms with Crippen molar-refractivity contribution in [2.75, 3.05) is 26.2 Å². The quantitative estimate of drug-likeness (QED) is 0.145. The molecule has 9 heteroatoms. The van der Waals surface area contributed by atoms with Gasteiger partial charge in [-0.15, -0.1) is 24.0 Å². The van der Waals surface area contributed by atoms with Crippen molar-refractivity contribution in [3.63, 3.8) is 0 Å². The SMILES string of the molecule is CCCC(O)(CCC)CN=C(NCC)NCCNS(=O)(=O)c1ccccc1.I. The Morgan fingerprint density at radius 3 is 2.18 bits per heavy atom. The average molecular weight is 526 g/mol. The Bertz CT molecular complexity index is 663. The molecular weight excluding hydrogens is 491 g/mol. The van der Waals surface area contributed by atoms with E-state index in [2.05, 4.69) is 20.3 Å². The van der Waals surface area contributed by atoms with Gasteiger partial charge in [0.2, 0.25) is 10.0 Å². The summed E-state index contributed by atoms with van der Waals surface area (Å²) in [4.78, 5) is 4.73. The number of hydrogen-bond donors (Lipinski definition) is 4. The molecule has 1 rings (SSSR count). The number of aliphatic hydroxyl groups is 1. The molecule has 0 radical (unpaired) electrons. The Balaban J connectivity index is 0.00000729. The Labute approximate surface area is 186 Å². The summed E-state index contributed by atoms with van der Waals surface area (Å²) in [5.74, 6) is 0.571. The van der Waals surface area contributed by atoms with Gasteiger partial charge in [-0.2, -0.15) is 0 Å². The topological polar surface area (TPSA) is 103 Å². The summed E-state index contributed by atoms with van der Waals surface area (Å²) in [6.45, 7) is 7.67. The van der Waals surface area contributed by atoms with E-state index < -0.39 is 15.6 Å². The smallest absolute Gasteiger partial charge is 0.240 e. The van der Waals surface area contributed by atoms with Gasteiger partial charge in [0.05, 0.1) is 17.0 Å². The maximum absolute atomic E-state index is 12.2. The lowest BCUT2D eigenvalue weighted by Gasteiger charge is -2.26. The summed E-state index contributed by atoms with van der Waals surface area (Å²) in [6.07, 6.45) is 3.22. The molecule has 0 unspecified atom stereocenters. The first-order valence-corrected chi connectivity index (χ1v) is 11.1. The number of nitrogens with one attached hydrogen (secondary N) is 3. The summed E-state index contributed by atoms with van der Waals surface area (Å²) in [5.41, 5.74) is -0.791. The lowest BCUT2D eigenvalue weighted by atomic mass is 9.93. The zero-order chi connectivity index (χ0) is 20.2. The number of halogens is 1. The van der Waals surface area contributed by atoms with Gasteiger partial charge < -0.3 is 15.7 Å².